The van der Waals surface area contributed by atoms with Crippen molar-refractivity contribution in [1.82, 2.24) is 15.3 Å². The molecule has 1 aromatic heterocycles. The van der Waals surface area contributed by atoms with Gasteiger partial charge in [-0.25, -0.2) is 4.98 Å². The highest BCUT2D eigenvalue weighted by Gasteiger charge is 2.17. The van der Waals surface area contributed by atoms with Crippen LogP contribution in [-0.2, 0) is 6.42 Å². The Morgan fingerprint density at radius 3 is 2.64 bits per heavy atom. The van der Waals surface area contributed by atoms with E-state index < -0.39 is 0 Å². The van der Waals surface area contributed by atoms with Crippen LogP contribution in [0.4, 0.5) is 5.69 Å². The lowest BCUT2D eigenvalue weighted by Crippen LogP contribution is -2.30. The predicted octanol–water partition coefficient (Wildman–Crippen LogP) is 3.19. The lowest BCUT2D eigenvalue weighted by atomic mass is 10.0. The molecule has 25 heavy (non-hydrogen) atoms. The number of H-pyrrole nitrogens is 1. The number of benzene rings is 2. The van der Waals surface area contributed by atoms with Crippen LogP contribution in [0.15, 0.2) is 67.0 Å². The molecule has 5 nitrogen and oxygen atoms in total. The zero-order valence-corrected chi connectivity index (χ0v) is 14.4. The Morgan fingerprint density at radius 2 is 1.96 bits per heavy atom. The zero-order valence-electron chi connectivity index (χ0n) is 14.4. The van der Waals surface area contributed by atoms with E-state index in [-0.39, 0.29) is 11.9 Å². The van der Waals surface area contributed by atoms with Crippen LogP contribution in [0, 0.1) is 0 Å². The van der Waals surface area contributed by atoms with E-state index in [0.717, 1.165) is 17.1 Å². The Labute approximate surface area is 147 Å². The van der Waals surface area contributed by atoms with Crippen molar-refractivity contribution in [3.05, 3.63) is 83.9 Å². The molecule has 0 saturated carbocycles. The van der Waals surface area contributed by atoms with Gasteiger partial charge in [-0.3, -0.25) is 4.79 Å². The van der Waals surface area contributed by atoms with Crippen LogP contribution in [0.25, 0.3) is 0 Å². The summed E-state index contributed by atoms with van der Waals surface area (Å²) in [6.07, 6.45) is 4.12. The van der Waals surface area contributed by atoms with Crippen molar-refractivity contribution in [3.8, 4) is 0 Å². The number of aromatic amines is 1. The quantitative estimate of drug-likeness (QED) is 0.728. The van der Waals surface area contributed by atoms with Gasteiger partial charge in [-0.15, -0.1) is 0 Å². The largest absolute Gasteiger partial charge is 0.378 e. The molecule has 1 atom stereocenters. The summed E-state index contributed by atoms with van der Waals surface area (Å²) < 4.78 is 0. The number of nitrogens with zero attached hydrogens (tertiary/aromatic N) is 2. The van der Waals surface area contributed by atoms with Gasteiger partial charge in [0.05, 0.1) is 6.04 Å². The fourth-order valence-corrected chi connectivity index (χ4v) is 2.71. The molecule has 0 saturated heterocycles. The molecule has 3 rings (SSSR count). The summed E-state index contributed by atoms with van der Waals surface area (Å²) in [5, 5.41) is 3.14. The standard InChI is InChI=1S/C20H22N4O/c1-24(2)17-10-6-9-16(13-17)20(25)23-18(14-19-21-11-12-22-19)15-7-4-3-5-8-15/h3-13,18H,14H2,1-2H3,(H,21,22)(H,23,25). The molecule has 1 unspecified atom stereocenters. The Morgan fingerprint density at radius 1 is 1.16 bits per heavy atom. The zero-order chi connectivity index (χ0) is 17.6. The molecule has 0 fully saturated rings. The van der Waals surface area contributed by atoms with E-state index in [4.69, 9.17) is 0 Å². The number of hydrogen-bond donors (Lipinski definition) is 2. The van der Waals surface area contributed by atoms with Crippen molar-refractivity contribution in [2.45, 2.75) is 12.5 Å². The number of anilines is 1. The first kappa shape index (κ1) is 16.8. The molecule has 0 aliphatic rings. The topological polar surface area (TPSA) is 61.0 Å². The number of nitrogens with one attached hydrogen (secondary N) is 2. The average Bonchev–Trinajstić information content (AvgIpc) is 3.15. The van der Waals surface area contributed by atoms with Gasteiger partial charge in [0.15, 0.2) is 0 Å². The van der Waals surface area contributed by atoms with Crippen molar-refractivity contribution in [3.63, 3.8) is 0 Å². The fourth-order valence-electron chi connectivity index (χ4n) is 2.71. The Bertz CT molecular complexity index is 813. The third kappa shape index (κ3) is 4.26. The van der Waals surface area contributed by atoms with Crippen LogP contribution in [0.1, 0.15) is 27.8 Å². The van der Waals surface area contributed by atoms with E-state index in [0.29, 0.717) is 12.0 Å². The lowest BCUT2D eigenvalue weighted by Gasteiger charge is -2.19. The van der Waals surface area contributed by atoms with Gasteiger partial charge in [-0.05, 0) is 23.8 Å². The lowest BCUT2D eigenvalue weighted by molar-refractivity contribution is 0.0936. The first-order valence-corrected chi connectivity index (χ1v) is 8.25. The molecule has 0 radical (unpaired) electrons. The van der Waals surface area contributed by atoms with Gasteiger partial charge in [0.25, 0.3) is 5.91 Å². The van der Waals surface area contributed by atoms with Crippen LogP contribution in [0.5, 0.6) is 0 Å². The van der Waals surface area contributed by atoms with Crippen LogP contribution in [0.2, 0.25) is 0 Å². The van der Waals surface area contributed by atoms with E-state index in [1.54, 1.807) is 12.4 Å². The number of aromatic nitrogens is 2. The predicted molar refractivity (Wildman–Crippen MR) is 99.7 cm³/mol. The van der Waals surface area contributed by atoms with Crippen LogP contribution < -0.4 is 10.2 Å². The molecular weight excluding hydrogens is 312 g/mol. The summed E-state index contributed by atoms with van der Waals surface area (Å²) in [5.41, 5.74) is 2.69. The molecule has 0 aliphatic carbocycles. The highest BCUT2D eigenvalue weighted by atomic mass is 16.1. The smallest absolute Gasteiger partial charge is 0.251 e. The van der Waals surface area contributed by atoms with E-state index in [9.17, 15) is 4.79 Å². The van der Waals surface area contributed by atoms with Gasteiger partial charge in [0, 0.05) is 44.2 Å². The van der Waals surface area contributed by atoms with Crippen molar-refractivity contribution in [2.24, 2.45) is 0 Å². The highest BCUT2D eigenvalue weighted by molar-refractivity contribution is 5.95. The van der Waals surface area contributed by atoms with E-state index in [1.165, 1.54) is 0 Å². The Hall–Kier alpha value is -3.08. The van der Waals surface area contributed by atoms with E-state index >= 15 is 0 Å². The Balaban J connectivity index is 1.82. The Kier molecular flexibility index (Phi) is 5.14. The molecule has 5 heteroatoms. The minimum Gasteiger partial charge on any atom is -0.378 e. The van der Waals surface area contributed by atoms with Crippen LogP contribution in [0.3, 0.4) is 0 Å². The maximum Gasteiger partial charge on any atom is 0.251 e. The maximum atomic E-state index is 12.8. The van der Waals surface area contributed by atoms with Gasteiger partial charge in [-0.2, -0.15) is 0 Å². The number of amides is 1. The molecule has 2 N–H and O–H groups in total. The normalized spacial score (nSPS) is 11.8. The minimum absolute atomic E-state index is 0.0934. The molecule has 0 spiro atoms. The molecular formula is C20H22N4O. The third-order valence-electron chi connectivity index (χ3n) is 4.08. The van der Waals surface area contributed by atoms with Crippen molar-refractivity contribution >= 4 is 11.6 Å². The second kappa shape index (κ2) is 7.66. The number of imidazole rings is 1. The molecule has 3 aromatic rings. The van der Waals surface area contributed by atoms with Crippen LogP contribution in [-0.4, -0.2) is 30.0 Å². The van der Waals surface area contributed by atoms with Gasteiger partial charge in [-0.1, -0.05) is 36.4 Å². The highest BCUT2D eigenvalue weighted by Crippen LogP contribution is 2.19. The van der Waals surface area contributed by atoms with Crippen molar-refractivity contribution in [1.29, 1.82) is 0 Å². The summed E-state index contributed by atoms with van der Waals surface area (Å²) in [7, 11) is 3.92. The number of carbonyl (C=O) groups excluding carboxylic acids is 1. The fraction of sp³-hybridized carbons (Fsp3) is 0.200. The minimum atomic E-state index is -0.150. The van der Waals surface area contributed by atoms with Crippen molar-refractivity contribution in [2.75, 3.05) is 19.0 Å². The second-order valence-corrected chi connectivity index (χ2v) is 6.12. The number of hydrogen-bond acceptors (Lipinski definition) is 3. The first-order chi connectivity index (χ1) is 12.1. The van der Waals surface area contributed by atoms with Crippen molar-refractivity contribution < 1.29 is 4.79 Å². The third-order valence-corrected chi connectivity index (χ3v) is 4.08. The summed E-state index contributed by atoms with van der Waals surface area (Å²) in [4.78, 5) is 22.1. The molecule has 128 valence electrons. The van der Waals surface area contributed by atoms with Gasteiger partial charge in [0.1, 0.15) is 5.82 Å². The average molecular weight is 334 g/mol. The van der Waals surface area contributed by atoms with Crippen LogP contribution >= 0.6 is 0 Å². The van der Waals surface area contributed by atoms with E-state index in [1.807, 2.05) is 73.6 Å². The summed E-state index contributed by atoms with van der Waals surface area (Å²) in [5.74, 6) is 0.750. The molecule has 0 aliphatic heterocycles. The maximum absolute atomic E-state index is 12.8. The molecule has 2 aromatic carbocycles. The van der Waals surface area contributed by atoms with Gasteiger partial charge >= 0.3 is 0 Å². The summed E-state index contributed by atoms with van der Waals surface area (Å²) >= 11 is 0. The second-order valence-electron chi connectivity index (χ2n) is 6.12. The van der Waals surface area contributed by atoms with Gasteiger partial charge < -0.3 is 15.2 Å². The molecule has 1 heterocycles. The molecule has 0 bridgehead atoms. The first-order valence-electron chi connectivity index (χ1n) is 8.25. The van der Waals surface area contributed by atoms with E-state index in [2.05, 4.69) is 15.3 Å². The summed E-state index contributed by atoms with van der Waals surface area (Å²) in [6, 6.07) is 17.4. The SMILES string of the molecule is CN(C)c1cccc(C(=O)NC(Cc2ncc[nH]2)c2ccccc2)c1. The number of rotatable bonds is 6. The number of carbonyl (C=O) groups is 1. The summed E-state index contributed by atoms with van der Waals surface area (Å²) in [6.45, 7) is 0. The monoisotopic (exact) mass is 334 g/mol. The molecule has 1 amide bonds. The van der Waals surface area contributed by atoms with Gasteiger partial charge in [0.2, 0.25) is 0 Å².